The monoisotopic (exact) mass is 384 g/mol. The maximum atomic E-state index is 13.1. The van der Waals surface area contributed by atoms with Crippen molar-refractivity contribution < 1.29 is 8.95 Å². The van der Waals surface area contributed by atoms with E-state index in [9.17, 15) is 4.21 Å². The third-order valence-corrected chi connectivity index (χ3v) is 6.76. The third-order valence-electron chi connectivity index (χ3n) is 5.27. The summed E-state index contributed by atoms with van der Waals surface area (Å²) < 4.78 is 20.7. The summed E-state index contributed by atoms with van der Waals surface area (Å²) in [6.07, 6.45) is 11.0. The molecule has 1 aliphatic carbocycles. The number of ether oxygens (including phenoxy) is 1. The Balaban J connectivity index is 1.48. The topological polar surface area (TPSA) is 59.4 Å². The van der Waals surface area contributed by atoms with Crippen LogP contribution in [0, 0.1) is 6.92 Å². The molecule has 6 nitrogen and oxygen atoms in total. The molecule has 2 aliphatic rings. The Bertz CT molecular complexity index is 920. The molecule has 0 amide bonds. The first-order chi connectivity index (χ1) is 13.1. The molecule has 7 heteroatoms. The number of nitrogens with zero attached hydrogens (tertiary/aromatic N) is 3. The molecule has 0 saturated heterocycles. The van der Waals surface area contributed by atoms with Gasteiger partial charge >= 0.3 is 0 Å². The van der Waals surface area contributed by atoms with Crippen LogP contribution in [-0.4, -0.2) is 38.3 Å². The summed E-state index contributed by atoms with van der Waals surface area (Å²) in [7, 11) is 2.50. The van der Waals surface area contributed by atoms with Gasteiger partial charge in [0.1, 0.15) is 5.75 Å². The highest BCUT2D eigenvalue weighted by Crippen LogP contribution is 2.34. The molecule has 0 fully saturated rings. The largest absolute Gasteiger partial charge is 0.496 e. The molecule has 0 radical (unpaired) electrons. The van der Waals surface area contributed by atoms with Crippen LogP contribution in [0.15, 0.2) is 60.3 Å². The van der Waals surface area contributed by atoms with E-state index in [1.165, 1.54) is 5.70 Å². The number of nitrogens with one attached hydrogen (secondary N) is 1. The summed E-state index contributed by atoms with van der Waals surface area (Å²) >= 11 is 0. The fraction of sp³-hybridized carbons (Fsp3) is 0.350. The van der Waals surface area contributed by atoms with Crippen LogP contribution in [0.1, 0.15) is 23.7 Å². The predicted octanol–water partition coefficient (Wildman–Crippen LogP) is 2.68. The number of hydrogen-bond acceptors (Lipinski definition) is 5. The number of rotatable bonds is 5. The van der Waals surface area contributed by atoms with Gasteiger partial charge in [0.2, 0.25) is 0 Å². The van der Waals surface area contributed by atoms with E-state index in [1.54, 1.807) is 13.3 Å². The molecule has 0 saturated carbocycles. The third kappa shape index (κ3) is 3.27. The Kier molecular flexibility index (Phi) is 4.78. The molecule has 3 unspecified atom stereocenters. The van der Waals surface area contributed by atoms with Gasteiger partial charge in [-0.3, -0.25) is 9.19 Å². The van der Waals surface area contributed by atoms with Crippen LogP contribution in [0.25, 0.3) is 0 Å². The Labute approximate surface area is 162 Å². The van der Waals surface area contributed by atoms with Gasteiger partial charge in [-0.1, -0.05) is 6.08 Å². The van der Waals surface area contributed by atoms with E-state index in [0.29, 0.717) is 5.75 Å². The average molecular weight is 385 g/mol. The molecule has 3 heterocycles. The first kappa shape index (κ1) is 17.9. The lowest BCUT2D eigenvalue weighted by molar-refractivity contribution is 0.372. The average Bonchev–Trinajstić information content (AvgIpc) is 3.32. The predicted molar refractivity (Wildman–Crippen MR) is 106 cm³/mol. The zero-order chi connectivity index (χ0) is 19.0. The summed E-state index contributed by atoms with van der Waals surface area (Å²) in [4.78, 5) is 6.52. The van der Waals surface area contributed by atoms with Gasteiger partial charge in [-0.05, 0) is 31.2 Å². The molecule has 1 N–H and O–H groups in total. The molecule has 2 aromatic rings. The van der Waals surface area contributed by atoms with Crippen LogP contribution in [-0.2, 0) is 16.6 Å². The second-order valence-corrected chi connectivity index (χ2v) is 8.34. The van der Waals surface area contributed by atoms with Crippen molar-refractivity contribution >= 4 is 10.8 Å². The molecule has 0 aromatic carbocycles. The quantitative estimate of drug-likeness (QED) is 0.859. The lowest BCUT2D eigenvalue weighted by Gasteiger charge is -2.26. The van der Waals surface area contributed by atoms with Crippen molar-refractivity contribution in [1.29, 1.82) is 0 Å². The highest BCUT2D eigenvalue weighted by Gasteiger charge is 2.34. The van der Waals surface area contributed by atoms with E-state index in [4.69, 9.17) is 4.74 Å². The molecule has 142 valence electrons. The minimum Gasteiger partial charge on any atom is -0.496 e. The first-order valence-electron chi connectivity index (χ1n) is 8.97. The Morgan fingerprint density at radius 1 is 1.37 bits per heavy atom. The van der Waals surface area contributed by atoms with Crippen LogP contribution in [0.4, 0.5) is 0 Å². The van der Waals surface area contributed by atoms with E-state index in [1.807, 2.05) is 32.2 Å². The summed E-state index contributed by atoms with van der Waals surface area (Å²) in [6.45, 7) is 1.96. The van der Waals surface area contributed by atoms with Crippen LogP contribution in [0.2, 0.25) is 0 Å². The van der Waals surface area contributed by atoms with E-state index in [2.05, 4.69) is 44.3 Å². The lowest BCUT2D eigenvalue weighted by atomic mass is 10.0. The molecule has 2 aromatic heterocycles. The first-order valence-corrected chi connectivity index (χ1v) is 10.4. The maximum absolute atomic E-state index is 13.1. The van der Waals surface area contributed by atoms with Crippen LogP contribution >= 0.6 is 0 Å². The van der Waals surface area contributed by atoms with Crippen molar-refractivity contribution in [2.75, 3.05) is 14.2 Å². The van der Waals surface area contributed by atoms with Crippen LogP contribution in [0.5, 0.6) is 5.75 Å². The minimum absolute atomic E-state index is 0.254. The molecular formula is C20H24N4O2S. The van der Waals surface area contributed by atoms with Gasteiger partial charge in [0.25, 0.3) is 0 Å². The number of hydrogen-bond donors (Lipinski definition) is 1. The SMILES string of the molecule is COc1ccnc(CS(=O)C2NC3=C(CC(n4cccc4)C=C3)N2C)c1C. The lowest BCUT2D eigenvalue weighted by Crippen LogP contribution is -2.39. The van der Waals surface area contributed by atoms with E-state index < -0.39 is 10.8 Å². The molecule has 1 aliphatic heterocycles. The highest BCUT2D eigenvalue weighted by molar-refractivity contribution is 7.84. The Hall–Kier alpha value is -2.54. The van der Waals surface area contributed by atoms with Gasteiger partial charge in [-0.15, -0.1) is 0 Å². The summed E-state index contributed by atoms with van der Waals surface area (Å²) in [5.41, 5.74) is 3.77. The molecule has 3 atom stereocenters. The number of methoxy groups -OCH3 is 1. The fourth-order valence-corrected chi connectivity index (χ4v) is 5.13. The van der Waals surface area contributed by atoms with Crippen LogP contribution in [0.3, 0.4) is 0 Å². The minimum atomic E-state index is -1.15. The standard InChI is InChI=1S/C20H24N4O2S/c1-14-17(21-9-8-19(14)26-3)13-27(25)20-22-16-7-6-15(12-18(16)23(20)2)24-10-4-5-11-24/h4-11,15,20,22H,12-13H2,1-3H3. The van der Waals surface area contributed by atoms with E-state index in [-0.39, 0.29) is 11.5 Å². The van der Waals surface area contributed by atoms with Gasteiger partial charge in [-0.25, -0.2) is 0 Å². The molecule has 0 spiro atoms. The van der Waals surface area contributed by atoms with Gasteiger partial charge in [0.05, 0.1) is 41.1 Å². The second-order valence-electron chi connectivity index (χ2n) is 6.84. The number of allylic oxidation sites excluding steroid dienone is 3. The molecular weight excluding hydrogens is 360 g/mol. The smallest absolute Gasteiger partial charge is 0.177 e. The molecule has 27 heavy (non-hydrogen) atoms. The van der Waals surface area contributed by atoms with Gasteiger partial charge in [0, 0.05) is 43.3 Å². The second kappa shape index (κ2) is 7.23. The van der Waals surface area contributed by atoms with Gasteiger partial charge in [0.15, 0.2) is 5.50 Å². The van der Waals surface area contributed by atoms with Crippen molar-refractivity contribution in [2.45, 2.75) is 30.6 Å². The fourth-order valence-electron chi connectivity index (χ4n) is 3.67. The molecule has 4 rings (SSSR count). The number of aromatic nitrogens is 2. The zero-order valence-corrected chi connectivity index (χ0v) is 16.6. The summed E-state index contributed by atoms with van der Waals surface area (Å²) in [5, 5.41) is 3.43. The van der Waals surface area contributed by atoms with Gasteiger partial charge in [-0.2, -0.15) is 0 Å². The van der Waals surface area contributed by atoms with Gasteiger partial charge < -0.3 is 19.5 Å². The van der Waals surface area contributed by atoms with Crippen molar-refractivity contribution in [2.24, 2.45) is 0 Å². The number of pyridine rings is 1. The maximum Gasteiger partial charge on any atom is 0.177 e. The highest BCUT2D eigenvalue weighted by atomic mass is 32.2. The van der Waals surface area contributed by atoms with Crippen LogP contribution < -0.4 is 10.1 Å². The van der Waals surface area contributed by atoms with Crippen molar-refractivity contribution in [3.63, 3.8) is 0 Å². The van der Waals surface area contributed by atoms with Crippen molar-refractivity contribution in [3.8, 4) is 5.75 Å². The normalized spacial score (nSPS) is 22.6. The van der Waals surface area contributed by atoms with Crippen molar-refractivity contribution in [3.05, 3.63) is 71.6 Å². The summed E-state index contributed by atoms with van der Waals surface area (Å²) in [5.74, 6) is 1.16. The van der Waals surface area contributed by atoms with Crippen molar-refractivity contribution in [1.82, 2.24) is 19.8 Å². The molecule has 0 bridgehead atoms. The Morgan fingerprint density at radius 2 is 2.15 bits per heavy atom. The summed E-state index contributed by atoms with van der Waals surface area (Å²) in [6, 6.07) is 6.19. The van der Waals surface area contributed by atoms with E-state index in [0.717, 1.165) is 29.1 Å². The zero-order valence-electron chi connectivity index (χ0n) is 15.8. The van der Waals surface area contributed by atoms with E-state index >= 15 is 0 Å². The Morgan fingerprint density at radius 3 is 2.89 bits per heavy atom.